The minimum absolute atomic E-state index is 0.0975. The fraction of sp³-hybridized carbons (Fsp3) is 0.571. The molecule has 0 saturated carbocycles. The molecule has 0 amide bonds. The average molecular weight is 268 g/mol. The lowest BCUT2D eigenvalue weighted by Crippen LogP contribution is -2.20. The van der Waals surface area contributed by atoms with Crippen LogP contribution in [0.1, 0.15) is 20.3 Å². The van der Waals surface area contributed by atoms with E-state index < -0.39 is 9.84 Å². The zero-order chi connectivity index (χ0) is 13.2. The summed E-state index contributed by atoms with van der Waals surface area (Å²) in [7, 11) is -3.22. The van der Waals surface area contributed by atoms with Gasteiger partial charge in [-0.15, -0.1) is 0 Å². The van der Waals surface area contributed by atoms with Crippen molar-refractivity contribution in [1.29, 1.82) is 0 Å². The molecule has 18 heavy (non-hydrogen) atoms. The van der Waals surface area contributed by atoms with Gasteiger partial charge in [0.2, 0.25) is 0 Å². The maximum absolute atomic E-state index is 12.2. The van der Waals surface area contributed by atoms with Gasteiger partial charge in [-0.1, -0.05) is 32.0 Å². The van der Waals surface area contributed by atoms with Crippen molar-refractivity contribution in [2.45, 2.75) is 31.3 Å². The van der Waals surface area contributed by atoms with Gasteiger partial charge in [0, 0.05) is 0 Å². The molecule has 100 valence electrons. The van der Waals surface area contributed by atoms with Crippen molar-refractivity contribution >= 4 is 9.84 Å². The van der Waals surface area contributed by atoms with Gasteiger partial charge in [-0.25, -0.2) is 8.42 Å². The molecule has 1 aromatic rings. The van der Waals surface area contributed by atoms with Gasteiger partial charge in [-0.2, -0.15) is 0 Å². The average Bonchev–Trinajstić information content (AvgIpc) is 2.78. The Bertz CT molecular complexity index is 479. The van der Waals surface area contributed by atoms with E-state index in [1.54, 1.807) is 24.3 Å². The second-order valence-corrected chi connectivity index (χ2v) is 7.32. The van der Waals surface area contributed by atoms with Crippen LogP contribution in [0.2, 0.25) is 0 Å². The summed E-state index contributed by atoms with van der Waals surface area (Å²) in [5, 5.41) is 0. The molecule has 0 N–H and O–H groups in total. The summed E-state index contributed by atoms with van der Waals surface area (Å²) in [6, 6.07) is 8.60. The summed E-state index contributed by atoms with van der Waals surface area (Å²) >= 11 is 0. The van der Waals surface area contributed by atoms with Crippen LogP contribution in [0, 0.1) is 11.8 Å². The topological polar surface area (TPSA) is 43.4 Å². The SMILES string of the molecule is CC(C)[C@H]1CO[C@@H](CS(=O)(=O)c2ccccc2)C1. The summed E-state index contributed by atoms with van der Waals surface area (Å²) < 4.78 is 30.0. The van der Waals surface area contributed by atoms with Crippen molar-refractivity contribution in [2.75, 3.05) is 12.4 Å². The van der Waals surface area contributed by atoms with E-state index in [1.165, 1.54) is 0 Å². The Morgan fingerprint density at radius 3 is 2.50 bits per heavy atom. The molecule has 0 radical (unpaired) electrons. The lowest BCUT2D eigenvalue weighted by Gasteiger charge is -2.12. The molecule has 1 fully saturated rings. The van der Waals surface area contributed by atoms with Gasteiger partial charge in [0.1, 0.15) is 0 Å². The van der Waals surface area contributed by atoms with E-state index in [1.807, 2.05) is 6.07 Å². The molecule has 1 aliphatic rings. The summed E-state index contributed by atoms with van der Waals surface area (Å²) in [5.74, 6) is 1.13. The first kappa shape index (κ1) is 13.6. The lowest BCUT2D eigenvalue weighted by atomic mass is 9.94. The van der Waals surface area contributed by atoms with Crippen LogP contribution in [0.25, 0.3) is 0 Å². The smallest absolute Gasteiger partial charge is 0.180 e. The van der Waals surface area contributed by atoms with Crippen molar-refractivity contribution in [3.05, 3.63) is 30.3 Å². The highest BCUT2D eigenvalue weighted by Crippen LogP contribution is 2.28. The first-order chi connectivity index (χ1) is 8.49. The number of rotatable bonds is 4. The van der Waals surface area contributed by atoms with E-state index in [0.29, 0.717) is 23.3 Å². The lowest BCUT2D eigenvalue weighted by molar-refractivity contribution is 0.118. The molecule has 1 saturated heterocycles. The minimum atomic E-state index is -3.22. The largest absolute Gasteiger partial charge is 0.377 e. The maximum Gasteiger partial charge on any atom is 0.180 e. The van der Waals surface area contributed by atoms with Gasteiger partial charge < -0.3 is 4.74 Å². The zero-order valence-electron chi connectivity index (χ0n) is 10.9. The second kappa shape index (κ2) is 5.41. The van der Waals surface area contributed by atoms with E-state index in [2.05, 4.69) is 13.8 Å². The number of hydrogen-bond donors (Lipinski definition) is 0. The molecule has 1 aromatic carbocycles. The first-order valence-electron chi connectivity index (χ1n) is 6.38. The molecule has 0 spiro atoms. The first-order valence-corrected chi connectivity index (χ1v) is 8.03. The van der Waals surface area contributed by atoms with Crippen LogP contribution in [0.15, 0.2) is 35.2 Å². The summed E-state index contributed by atoms with van der Waals surface area (Å²) in [4.78, 5) is 0.390. The van der Waals surface area contributed by atoms with E-state index in [4.69, 9.17) is 4.74 Å². The van der Waals surface area contributed by atoms with Crippen LogP contribution in [0.5, 0.6) is 0 Å². The summed E-state index contributed by atoms with van der Waals surface area (Å²) in [6.07, 6.45) is 0.701. The van der Waals surface area contributed by atoms with Crippen LogP contribution in [-0.2, 0) is 14.6 Å². The molecule has 2 atom stereocenters. The van der Waals surface area contributed by atoms with Crippen LogP contribution >= 0.6 is 0 Å². The number of hydrogen-bond acceptors (Lipinski definition) is 3. The molecule has 1 heterocycles. The number of benzene rings is 1. The van der Waals surface area contributed by atoms with Gasteiger partial charge in [0.15, 0.2) is 9.84 Å². The second-order valence-electron chi connectivity index (χ2n) is 5.29. The normalized spacial score (nSPS) is 24.6. The summed E-state index contributed by atoms with van der Waals surface area (Å²) in [6.45, 7) is 5.00. The Kier molecular flexibility index (Phi) is 4.07. The highest BCUT2D eigenvalue weighted by atomic mass is 32.2. The van der Waals surface area contributed by atoms with Gasteiger partial charge >= 0.3 is 0 Å². The van der Waals surface area contributed by atoms with E-state index in [0.717, 1.165) is 6.42 Å². The Morgan fingerprint density at radius 1 is 1.28 bits per heavy atom. The third-order valence-electron chi connectivity index (χ3n) is 3.56. The predicted molar refractivity (Wildman–Crippen MR) is 71.2 cm³/mol. The third kappa shape index (κ3) is 3.12. The Morgan fingerprint density at radius 2 is 1.94 bits per heavy atom. The highest BCUT2D eigenvalue weighted by molar-refractivity contribution is 7.91. The van der Waals surface area contributed by atoms with Gasteiger partial charge in [0.25, 0.3) is 0 Å². The molecule has 0 unspecified atom stereocenters. The fourth-order valence-electron chi connectivity index (χ4n) is 2.28. The van der Waals surface area contributed by atoms with Crippen molar-refractivity contribution in [3.8, 4) is 0 Å². The number of ether oxygens (including phenoxy) is 1. The molecule has 4 heteroatoms. The van der Waals surface area contributed by atoms with Gasteiger partial charge in [-0.3, -0.25) is 0 Å². The van der Waals surface area contributed by atoms with E-state index in [-0.39, 0.29) is 11.9 Å². The van der Waals surface area contributed by atoms with Crippen molar-refractivity contribution in [2.24, 2.45) is 11.8 Å². The molecular weight excluding hydrogens is 248 g/mol. The Hall–Kier alpha value is -0.870. The Labute approximate surface area is 109 Å². The van der Waals surface area contributed by atoms with Crippen LogP contribution in [-0.4, -0.2) is 26.9 Å². The third-order valence-corrected chi connectivity index (χ3v) is 5.36. The van der Waals surface area contributed by atoms with Crippen molar-refractivity contribution < 1.29 is 13.2 Å². The van der Waals surface area contributed by atoms with Gasteiger partial charge in [-0.05, 0) is 30.4 Å². The van der Waals surface area contributed by atoms with Gasteiger partial charge in [0.05, 0.1) is 23.4 Å². The van der Waals surface area contributed by atoms with E-state index in [9.17, 15) is 8.42 Å². The zero-order valence-corrected chi connectivity index (χ0v) is 11.7. The quantitative estimate of drug-likeness (QED) is 0.842. The maximum atomic E-state index is 12.2. The standard InChI is InChI=1S/C14H20O3S/c1-11(2)12-8-13(17-9-12)10-18(15,16)14-6-4-3-5-7-14/h3-7,11-13H,8-10H2,1-2H3/t12-,13-/m1/s1. The predicted octanol–water partition coefficient (Wildman–Crippen LogP) is 2.52. The minimum Gasteiger partial charge on any atom is -0.377 e. The monoisotopic (exact) mass is 268 g/mol. The van der Waals surface area contributed by atoms with E-state index >= 15 is 0 Å². The highest BCUT2D eigenvalue weighted by Gasteiger charge is 2.31. The molecule has 2 rings (SSSR count). The van der Waals surface area contributed by atoms with Crippen LogP contribution in [0.4, 0.5) is 0 Å². The molecular formula is C14H20O3S. The fourth-order valence-corrected chi connectivity index (χ4v) is 3.77. The van der Waals surface area contributed by atoms with Crippen molar-refractivity contribution in [3.63, 3.8) is 0 Å². The summed E-state index contributed by atoms with van der Waals surface area (Å²) in [5.41, 5.74) is 0. The van der Waals surface area contributed by atoms with Crippen LogP contribution < -0.4 is 0 Å². The number of sulfone groups is 1. The molecule has 0 bridgehead atoms. The van der Waals surface area contributed by atoms with Crippen molar-refractivity contribution in [1.82, 2.24) is 0 Å². The van der Waals surface area contributed by atoms with Crippen LogP contribution in [0.3, 0.4) is 0 Å². The Balaban J connectivity index is 2.03. The molecule has 0 aliphatic carbocycles. The molecule has 0 aromatic heterocycles. The molecule has 3 nitrogen and oxygen atoms in total. The molecule has 1 aliphatic heterocycles.